The molecule has 0 saturated carbocycles. The number of hydrogen-bond acceptors (Lipinski definition) is 3. The second-order valence-electron chi connectivity index (χ2n) is 5.04. The van der Waals surface area contributed by atoms with Gasteiger partial charge in [-0.1, -0.05) is 24.3 Å². The van der Waals surface area contributed by atoms with Gasteiger partial charge in [-0.05, 0) is 31.0 Å². The molecule has 0 saturated heterocycles. The monoisotopic (exact) mass is 248 g/mol. The SMILES string of the molecule is COCCN(C)CCNC1CCc2ccccc21. The van der Waals surface area contributed by atoms with Gasteiger partial charge in [-0.2, -0.15) is 0 Å². The highest BCUT2D eigenvalue weighted by atomic mass is 16.5. The zero-order valence-electron chi connectivity index (χ0n) is 11.5. The van der Waals surface area contributed by atoms with Crippen molar-refractivity contribution in [3.8, 4) is 0 Å². The van der Waals surface area contributed by atoms with Crippen molar-refractivity contribution < 1.29 is 4.74 Å². The minimum atomic E-state index is 0.553. The van der Waals surface area contributed by atoms with Gasteiger partial charge in [0.05, 0.1) is 6.61 Å². The summed E-state index contributed by atoms with van der Waals surface area (Å²) in [5.41, 5.74) is 3.01. The third kappa shape index (κ3) is 3.55. The molecule has 0 aromatic heterocycles. The summed E-state index contributed by atoms with van der Waals surface area (Å²) in [5.74, 6) is 0. The normalized spacial score (nSPS) is 18.3. The molecule has 3 nitrogen and oxygen atoms in total. The average Bonchev–Trinajstić information content (AvgIpc) is 2.80. The standard InChI is InChI=1S/C15H24N2O/c1-17(11-12-18-2)10-9-16-15-8-7-13-5-3-4-6-14(13)15/h3-6,15-16H,7-12H2,1-2H3. The number of nitrogens with zero attached hydrogens (tertiary/aromatic N) is 1. The average molecular weight is 248 g/mol. The fourth-order valence-electron chi connectivity index (χ4n) is 2.56. The zero-order chi connectivity index (χ0) is 12.8. The first-order valence-electron chi connectivity index (χ1n) is 6.80. The van der Waals surface area contributed by atoms with E-state index in [9.17, 15) is 0 Å². The van der Waals surface area contributed by atoms with Crippen molar-refractivity contribution in [1.29, 1.82) is 0 Å². The highest BCUT2D eigenvalue weighted by Gasteiger charge is 2.20. The van der Waals surface area contributed by atoms with E-state index in [0.29, 0.717) is 6.04 Å². The number of fused-ring (bicyclic) bond motifs is 1. The number of nitrogens with one attached hydrogen (secondary N) is 1. The van der Waals surface area contributed by atoms with Crippen molar-refractivity contribution in [2.24, 2.45) is 0 Å². The van der Waals surface area contributed by atoms with E-state index < -0.39 is 0 Å². The van der Waals surface area contributed by atoms with Crippen LogP contribution >= 0.6 is 0 Å². The molecule has 1 aromatic rings. The van der Waals surface area contributed by atoms with Gasteiger partial charge in [-0.3, -0.25) is 0 Å². The van der Waals surface area contributed by atoms with Crippen LogP contribution in [0.4, 0.5) is 0 Å². The van der Waals surface area contributed by atoms with E-state index in [4.69, 9.17) is 4.74 Å². The zero-order valence-corrected chi connectivity index (χ0v) is 11.5. The quantitative estimate of drug-likeness (QED) is 0.797. The summed E-state index contributed by atoms with van der Waals surface area (Å²) in [5, 5.41) is 3.66. The first-order chi connectivity index (χ1) is 8.81. The molecule has 1 atom stereocenters. The maximum atomic E-state index is 5.08. The number of rotatable bonds is 7. The van der Waals surface area contributed by atoms with Crippen LogP contribution in [-0.4, -0.2) is 45.3 Å². The van der Waals surface area contributed by atoms with Crippen LogP contribution in [-0.2, 0) is 11.2 Å². The number of hydrogen-bond donors (Lipinski definition) is 1. The molecular formula is C15H24N2O. The lowest BCUT2D eigenvalue weighted by atomic mass is 10.1. The van der Waals surface area contributed by atoms with Gasteiger partial charge in [0.25, 0.3) is 0 Å². The van der Waals surface area contributed by atoms with E-state index in [1.807, 2.05) is 0 Å². The fraction of sp³-hybridized carbons (Fsp3) is 0.600. The summed E-state index contributed by atoms with van der Waals surface area (Å²) in [6, 6.07) is 9.34. The molecule has 3 heteroatoms. The van der Waals surface area contributed by atoms with Gasteiger partial charge >= 0.3 is 0 Å². The first-order valence-corrected chi connectivity index (χ1v) is 6.80. The molecule has 18 heavy (non-hydrogen) atoms. The van der Waals surface area contributed by atoms with Gasteiger partial charge in [0.2, 0.25) is 0 Å². The molecular weight excluding hydrogens is 224 g/mol. The third-order valence-electron chi connectivity index (χ3n) is 3.69. The molecule has 0 fully saturated rings. The van der Waals surface area contributed by atoms with Crippen LogP contribution in [0.25, 0.3) is 0 Å². The minimum absolute atomic E-state index is 0.553. The summed E-state index contributed by atoms with van der Waals surface area (Å²) in [4.78, 5) is 2.30. The lowest BCUT2D eigenvalue weighted by molar-refractivity contribution is 0.161. The first kappa shape index (κ1) is 13.5. The smallest absolute Gasteiger partial charge is 0.0589 e. The summed E-state index contributed by atoms with van der Waals surface area (Å²) >= 11 is 0. The van der Waals surface area contributed by atoms with Crippen LogP contribution in [0.3, 0.4) is 0 Å². The Kier molecular flexibility index (Phi) is 5.17. The predicted molar refractivity (Wildman–Crippen MR) is 74.9 cm³/mol. The van der Waals surface area contributed by atoms with Crippen LogP contribution < -0.4 is 5.32 Å². The van der Waals surface area contributed by atoms with E-state index in [0.717, 1.165) is 26.2 Å². The van der Waals surface area contributed by atoms with Gasteiger partial charge in [-0.25, -0.2) is 0 Å². The number of likely N-dealkylation sites (N-methyl/N-ethyl adjacent to an activating group) is 1. The second-order valence-corrected chi connectivity index (χ2v) is 5.04. The van der Waals surface area contributed by atoms with Crippen LogP contribution in [0.2, 0.25) is 0 Å². The Balaban J connectivity index is 1.72. The highest BCUT2D eigenvalue weighted by molar-refractivity contribution is 5.34. The Hall–Kier alpha value is -0.900. The van der Waals surface area contributed by atoms with Gasteiger partial charge < -0.3 is 15.0 Å². The van der Waals surface area contributed by atoms with Crippen molar-refractivity contribution in [3.63, 3.8) is 0 Å². The molecule has 0 aliphatic heterocycles. The maximum absolute atomic E-state index is 5.08. The summed E-state index contributed by atoms with van der Waals surface area (Å²) in [7, 11) is 3.89. The molecule has 0 spiro atoms. The summed E-state index contributed by atoms with van der Waals surface area (Å²) in [6.07, 6.45) is 2.45. The van der Waals surface area contributed by atoms with Gasteiger partial charge in [-0.15, -0.1) is 0 Å². The highest BCUT2D eigenvalue weighted by Crippen LogP contribution is 2.30. The van der Waals surface area contributed by atoms with Crippen molar-refractivity contribution in [3.05, 3.63) is 35.4 Å². The van der Waals surface area contributed by atoms with Gasteiger partial charge in [0.1, 0.15) is 0 Å². The Morgan fingerprint density at radius 2 is 2.17 bits per heavy atom. The van der Waals surface area contributed by atoms with E-state index >= 15 is 0 Å². The minimum Gasteiger partial charge on any atom is -0.383 e. The Labute approximate surface area is 110 Å². The summed E-state index contributed by atoms with van der Waals surface area (Å²) in [6.45, 7) is 3.92. The van der Waals surface area contributed by atoms with Crippen LogP contribution in [0.15, 0.2) is 24.3 Å². The largest absolute Gasteiger partial charge is 0.383 e. The fourth-order valence-corrected chi connectivity index (χ4v) is 2.56. The van der Waals surface area contributed by atoms with E-state index in [-0.39, 0.29) is 0 Å². The molecule has 0 amide bonds. The Bertz CT molecular complexity index is 367. The topological polar surface area (TPSA) is 24.5 Å². The number of ether oxygens (including phenoxy) is 1. The molecule has 1 aliphatic carbocycles. The van der Waals surface area contributed by atoms with Crippen molar-refractivity contribution in [2.75, 3.05) is 40.4 Å². The summed E-state index contributed by atoms with van der Waals surface area (Å²) < 4.78 is 5.08. The maximum Gasteiger partial charge on any atom is 0.0589 e. The van der Waals surface area contributed by atoms with Crippen molar-refractivity contribution >= 4 is 0 Å². The molecule has 1 aromatic carbocycles. The second kappa shape index (κ2) is 6.88. The molecule has 0 radical (unpaired) electrons. The molecule has 100 valence electrons. The lowest BCUT2D eigenvalue weighted by Gasteiger charge is -2.19. The van der Waals surface area contributed by atoms with Crippen LogP contribution in [0, 0.1) is 0 Å². The van der Waals surface area contributed by atoms with Crippen LogP contribution in [0.1, 0.15) is 23.6 Å². The molecule has 0 bridgehead atoms. The molecule has 1 aliphatic rings. The van der Waals surface area contributed by atoms with Crippen molar-refractivity contribution in [1.82, 2.24) is 10.2 Å². The molecule has 0 heterocycles. The number of methoxy groups -OCH3 is 1. The molecule has 1 unspecified atom stereocenters. The molecule has 2 rings (SSSR count). The number of aryl methyl sites for hydroxylation is 1. The predicted octanol–water partition coefficient (Wildman–Crippen LogP) is 1.84. The van der Waals surface area contributed by atoms with Crippen molar-refractivity contribution in [2.45, 2.75) is 18.9 Å². The Morgan fingerprint density at radius 3 is 3.00 bits per heavy atom. The molecule has 1 N–H and O–H groups in total. The van der Waals surface area contributed by atoms with Gasteiger partial charge in [0.15, 0.2) is 0 Å². The van der Waals surface area contributed by atoms with E-state index in [1.165, 1.54) is 24.0 Å². The lowest BCUT2D eigenvalue weighted by Crippen LogP contribution is -2.32. The third-order valence-corrected chi connectivity index (χ3v) is 3.69. The van der Waals surface area contributed by atoms with E-state index in [2.05, 4.69) is 41.5 Å². The van der Waals surface area contributed by atoms with Crippen LogP contribution in [0.5, 0.6) is 0 Å². The Morgan fingerprint density at radius 1 is 1.33 bits per heavy atom. The van der Waals surface area contributed by atoms with Gasteiger partial charge in [0, 0.05) is 32.8 Å². The number of benzene rings is 1. The van der Waals surface area contributed by atoms with E-state index in [1.54, 1.807) is 7.11 Å².